The molecule has 21 heavy (non-hydrogen) atoms. The van der Waals surface area contributed by atoms with E-state index in [0.29, 0.717) is 5.92 Å². The quantitative estimate of drug-likeness (QED) is 0.524. The Labute approximate surface area is 136 Å². The second kappa shape index (κ2) is 9.04. The van der Waals surface area contributed by atoms with Gasteiger partial charge in [0.2, 0.25) is 0 Å². The lowest BCUT2D eigenvalue weighted by Crippen LogP contribution is -2.08. The van der Waals surface area contributed by atoms with Crippen LogP contribution in [-0.2, 0) is 6.54 Å². The van der Waals surface area contributed by atoms with E-state index in [1.807, 2.05) is 12.5 Å². The molecule has 0 amide bonds. The van der Waals surface area contributed by atoms with Gasteiger partial charge < -0.3 is 4.57 Å². The summed E-state index contributed by atoms with van der Waals surface area (Å²) < 4.78 is 3.34. The molecule has 0 saturated heterocycles. The normalized spacial score (nSPS) is 12.5. The van der Waals surface area contributed by atoms with Crippen molar-refractivity contribution in [2.24, 2.45) is 0 Å². The molecule has 0 spiro atoms. The average molecular weight is 349 g/mol. The summed E-state index contributed by atoms with van der Waals surface area (Å²) in [7, 11) is 0. The topological polar surface area (TPSA) is 17.8 Å². The van der Waals surface area contributed by atoms with Crippen LogP contribution in [-0.4, -0.2) is 9.55 Å². The predicted octanol–water partition coefficient (Wildman–Crippen LogP) is 5.79. The molecule has 114 valence electrons. The van der Waals surface area contributed by atoms with E-state index in [-0.39, 0.29) is 0 Å². The number of halogens is 1. The van der Waals surface area contributed by atoms with Crippen LogP contribution in [0, 0.1) is 0 Å². The van der Waals surface area contributed by atoms with E-state index >= 15 is 0 Å². The summed E-state index contributed by atoms with van der Waals surface area (Å²) in [6.45, 7) is 3.29. The van der Waals surface area contributed by atoms with Crippen molar-refractivity contribution in [2.45, 2.75) is 57.9 Å². The molecule has 3 heteroatoms. The molecule has 0 aliphatic rings. The lowest BCUT2D eigenvalue weighted by molar-refractivity contribution is 0.488. The minimum absolute atomic E-state index is 0.578. The van der Waals surface area contributed by atoms with Crippen molar-refractivity contribution < 1.29 is 0 Å². The van der Waals surface area contributed by atoms with E-state index in [2.05, 4.69) is 62.9 Å². The van der Waals surface area contributed by atoms with Crippen molar-refractivity contribution in [3.05, 3.63) is 53.0 Å². The fraction of sp³-hybridized carbons (Fsp3) is 0.500. The Morgan fingerprint density at radius 1 is 1.10 bits per heavy atom. The number of benzene rings is 1. The Hall–Kier alpha value is -1.09. The van der Waals surface area contributed by atoms with Gasteiger partial charge in [-0.25, -0.2) is 4.98 Å². The summed E-state index contributed by atoms with van der Waals surface area (Å²) in [6, 6.07) is 8.79. The summed E-state index contributed by atoms with van der Waals surface area (Å²) in [5, 5.41) is 0. The van der Waals surface area contributed by atoms with Gasteiger partial charge >= 0.3 is 0 Å². The first-order valence-electron chi connectivity index (χ1n) is 8.00. The zero-order chi connectivity index (χ0) is 14.9. The second-order valence-electron chi connectivity index (χ2n) is 5.71. The molecule has 2 aromatic rings. The van der Waals surface area contributed by atoms with Gasteiger partial charge in [0.25, 0.3) is 0 Å². The Balaban J connectivity index is 1.94. The molecular weight excluding hydrogens is 324 g/mol. The molecule has 0 saturated carbocycles. The van der Waals surface area contributed by atoms with Gasteiger partial charge in [0, 0.05) is 29.3 Å². The number of rotatable bonds is 9. The minimum Gasteiger partial charge on any atom is -0.337 e. The van der Waals surface area contributed by atoms with Crippen molar-refractivity contribution in [1.29, 1.82) is 0 Å². The fourth-order valence-electron chi connectivity index (χ4n) is 2.74. The number of hydrogen-bond acceptors (Lipinski definition) is 1. The molecule has 0 aliphatic carbocycles. The van der Waals surface area contributed by atoms with E-state index in [1.165, 1.54) is 44.1 Å². The van der Waals surface area contributed by atoms with Crippen molar-refractivity contribution in [3.63, 3.8) is 0 Å². The summed E-state index contributed by atoms with van der Waals surface area (Å²) >= 11 is 3.52. The standard InChI is InChI=1S/C18H25BrN2/c1-2-3-4-5-6-7-17(14-21-13-12-20-15-21)16-8-10-18(19)11-9-16/h8-13,15,17H,2-7,14H2,1H3. The Morgan fingerprint density at radius 3 is 2.52 bits per heavy atom. The van der Waals surface area contributed by atoms with Gasteiger partial charge in [-0.3, -0.25) is 0 Å². The second-order valence-corrected chi connectivity index (χ2v) is 6.63. The lowest BCUT2D eigenvalue weighted by atomic mass is 9.92. The maximum absolute atomic E-state index is 4.16. The zero-order valence-corrected chi connectivity index (χ0v) is 14.4. The Morgan fingerprint density at radius 2 is 1.86 bits per heavy atom. The van der Waals surface area contributed by atoms with Crippen LogP contribution >= 0.6 is 15.9 Å². The number of nitrogens with zero attached hydrogens (tertiary/aromatic N) is 2. The SMILES string of the molecule is CCCCCCCC(Cn1ccnc1)c1ccc(Br)cc1. The number of hydrogen-bond donors (Lipinski definition) is 0. The van der Waals surface area contributed by atoms with Gasteiger partial charge in [-0.1, -0.05) is 67.1 Å². The van der Waals surface area contributed by atoms with Crippen LogP contribution < -0.4 is 0 Å². The van der Waals surface area contributed by atoms with E-state index < -0.39 is 0 Å². The highest BCUT2D eigenvalue weighted by Crippen LogP contribution is 2.26. The number of unbranched alkanes of at least 4 members (excludes halogenated alkanes) is 4. The first-order chi connectivity index (χ1) is 10.3. The van der Waals surface area contributed by atoms with E-state index in [4.69, 9.17) is 0 Å². The first-order valence-corrected chi connectivity index (χ1v) is 8.80. The highest BCUT2D eigenvalue weighted by Gasteiger charge is 2.12. The Bertz CT molecular complexity index is 490. The average Bonchev–Trinajstić information content (AvgIpc) is 3.00. The molecule has 0 radical (unpaired) electrons. The smallest absolute Gasteiger partial charge is 0.0946 e. The molecule has 0 bridgehead atoms. The molecule has 1 atom stereocenters. The minimum atomic E-state index is 0.578. The van der Waals surface area contributed by atoms with Crippen LogP contribution in [0.1, 0.15) is 56.9 Å². The van der Waals surface area contributed by atoms with Crippen LogP contribution in [0.3, 0.4) is 0 Å². The number of aromatic nitrogens is 2. The zero-order valence-electron chi connectivity index (χ0n) is 12.8. The van der Waals surface area contributed by atoms with Crippen LogP contribution in [0.5, 0.6) is 0 Å². The highest BCUT2D eigenvalue weighted by atomic mass is 79.9. The summed E-state index contributed by atoms with van der Waals surface area (Å²) in [6.07, 6.45) is 13.8. The summed E-state index contributed by atoms with van der Waals surface area (Å²) in [4.78, 5) is 4.16. The molecule has 1 heterocycles. The summed E-state index contributed by atoms with van der Waals surface area (Å²) in [5.41, 5.74) is 1.43. The third-order valence-corrected chi connectivity index (χ3v) is 4.52. The fourth-order valence-corrected chi connectivity index (χ4v) is 3.01. The molecule has 1 aromatic heterocycles. The molecule has 2 nitrogen and oxygen atoms in total. The molecule has 0 fully saturated rings. The molecule has 2 rings (SSSR count). The first kappa shape index (κ1) is 16.3. The van der Waals surface area contributed by atoms with Gasteiger partial charge in [-0.2, -0.15) is 0 Å². The highest BCUT2D eigenvalue weighted by molar-refractivity contribution is 9.10. The largest absolute Gasteiger partial charge is 0.337 e. The van der Waals surface area contributed by atoms with Crippen LogP contribution in [0.4, 0.5) is 0 Å². The molecule has 1 unspecified atom stereocenters. The van der Waals surface area contributed by atoms with Crippen LogP contribution in [0.2, 0.25) is 0 Å². The molecular formula is C18H25BrN2. The summed E-state index contributed by atoms with van der Waals surface area (Å²) in [5.74, 6) is 0.578. The van der Waals surface area contributed by atoms with Crippen LogP contribution in [0.25, 0.3) is 0 Å². The maximum Gasteiger partial charge on any atom is 0.0946 e. The van der Waals surface area contributed by atoms with E-state index in [1.54, 1.807) is 0 Å². The van der Waals surface area contributed by atoms with Crippen molar-refractivity contribution >= 4 is 15.9 Å². The van der Waals surface area contributed by atoms with E-state index in [0.717, 1.165) is 11.0 Å². The third kappa shape index (κ3) is 5.66. The van der Waals surface area contributed by atoms with E-state index in [9.17, 15) is 0 Å². The van der Waals surface area contributed by atoms with Gasteiger partial charge in [0.1, 0.15) is 0 Å². The van der Waals surface area contributed by atoms with Gasteiger partial charge in [0.05, 0.1) is 6.33 Å². The molecule has 0 aliphatic heterocycles. The van der Waals surface area contributed by atoms with Gasteiger partial charge in [-0.15, -0.1) is 0 Å². The predicted molar refractivity (Wildman–Crippen MR) is 92.5 cm³/mol. The third-order valence-electron chi connectivity index (χ3n) is 3.99. The molecule has 1 aromatic carbocycles. The maximum atomic E-state index is 4.16. The van der Waals surface area contributed by atoms with Crippen molar-refractivity contribution in [1.82, 2.24) is 9.55 Å². The van der Waals surface area contributed by atoms with Crippen molar-refractivity contribution in [2.75, 3.05) is 0 Å². The lowest BCUT2D eigenvalue weighted by Gasteiger charge is -2.18. The van der Waals surface area contributed by atoms with Gasteiger partial charge in [0.15, 0.2) is 0 Å². The molecule has 0 N–H and O–H groups in total. The van der Waals surface area contributed by atoms with Crippen LogP contribution in [0.15, 0.2) is 47.5 Å². The monoisotopic (exact) mass is 348 g/mol. The Kier molecular flexibility index (Phi) is 7.01. The van der Waals surface area contributed by atoms with Crippen molar-refractivity contribution in [3.8, 4) is 0 Å². The number of imidazole rings is 1. The van der Waals surface area contributed by atoms with Gasteiger partial charge in [-0.05, 0) is 24.1 Å².